The van der Waals surface area contributed by atoms with Crippen LogP contribution >= 0.6 is 10.7 Å². The first-order valence-corrected chi connectivity index (χ1v) is 4.43. The molecule has 1 unspecified atom stereocenters. The number of rotatable bonds is 2. The molecule has 0 heterocycles. The van der Waals surface area contributed by atoms with Gasteiger partial charge < -0.3 is 9.84 Å². The summed E-state index contributed by atoms with van der Waals surface area (Å²) < 4.78 is 4.29. The van der Waals surface area contributed by atoms with E-state index in [9.17, 15) is 5.11 Å². The lowest BCUT2D eigenvalue weighted by atomic mass is 11.0. The quantitative estimate of drug-likeness (QED) is 0.420. The van der Waals surface area contributed by atoms with E-state index in [1.807, 2.05) is 0 Å². The Morgan fingerprint density at radius 1 is 1.88 bits per heavy atom. The first-order valence-electron chi connectivity index (χ1n) is 1.90. The Balaban J connectivity index is 3.56. The molecule has 0 amide bonds. The normalized spacial score (nSPS) is 15.6. The molecule has 0 aromatic rings. The van der Waals surface area contributed by atoms with Crippen molar-refractivity contribution in [1.82, 2.24) is 0 Å². The molecule has 0 saturated heterocycles. The van der Waals surface area contributed by atoms with Crippen molar-refractivity contribution < 1.29 is 9.84 Å². The van der Waals surface area contributed by atoms with Gasteiger partial charge in [0.1, 0.15) is 22.3 Å². The van der Waals surface area contributed by atoms with Gasteiger partial charge >= 0.3 is 0 Å². The molecule has 0 bridgehead atoms. The Labute approximate surface area is 56.0 Å². The van der Waals surface area contributed by atoms with E-state index < -0.39 is 10.1 Å². The molecule has 8 heavy (non-hydrogen) atoms. The molecule has 0 radical (unpaired) electrons. The highest BCUT2D eigenvalue weighted by Crippen LogP contribution is 2.00. The fourth-order valence-corrected chi connectivity index (χ4v) is 0.760. The van der Waals surface area contributed by atoms with Crippen molar-refractivity contribution in [2.75, 3.05) is 13.4 Å². The van der Waals surface area contributed by atoms with Crippen LogP contribution in [0, 0.1) is 0 Å². The molecule has 0 saturated carbocycles. The van der Waals surface area contributed by atoms with Gasteiger partial charge in [-0.15, -0.1) is 0 Å². The van der Waals surface area contributed by atoms with Gasteiger partial charge in [-0.3, -0.25) is 0 Å². The summed E-state index contributed by atoms with van der Waals surface area (Å²) in [6.07, 6.45) is 1.72. The monoisotopic (exact) mass is 154 g/mol. The zero-order valence-corrected chi connectivity index (χ0v) is 6.25. The van der Waals surface area contributed by atoms with Crippen LogP contribution in [-0.4, -0.2) is 13.4 Å². The summed E-state index contributed by atoms with van der Waals surface area (Å²) in [4.78, 5) is 0. The van der Waals surface area contributed by atoms with Gasteiger partial charge in [-0.25, -0.2) is 0 Å². The Kier molecular flexibility index (Phi) is 3.91. The first-order chi connectivity index (χ1) is 3.66. The lowest BCUT2D eigenvalue weighted by Crippen LogP contribution is -2.06. The van der Waals surface area contributed by atoms with E-state index >= 15 is 0 Å². The molecular weight excluding hydrogens is 148 g/mol. The van der Waals surface area contributed by atoms with Crippen LogP contribution in [-0.2, 0) is 14.8 Å². The molecule has 0 N–H and O–H groups in total. The van der Waals surface area contributed by atoms with Crippen LogP contribution in [0.1, 0.15) is 0 Å². The fraction of sp³-hybridized carbons (Fsp3) is 0.500. The maximum absolute atomic E-state index is 10.3. The summed E-state index contributed by atoms with van der Waals surface area (Å²) in [5.74, 6) is -0.370. The van der Waals surface area contributed by atoms with Crippen LogP contribution in [0.4, 0.5) is 0 Å². The van der Waals surface area contributed by atoms with Gasteiger partial charge in [-0.1, -0.05) is 0 Å². The van der Waals surface area contributed by atoms with E-state index in [1.54, 1.807) is 6.26 Å². The molecule has 4 heteroatoms. The molecular formula is C4H7ClO2S. The predicted octanol–water partition coefficient (Wildman–Crippen LogP) is 0.194. The average Bonchev–Trinajstić information content (AvgIpc) is 1.65. The molecule has 0 aromatic heterocycles. The number of halogens is 1. The van der Waals surface area contributed by atoms with Crippen LogP contribution < -0.4 is 5.11 Å². The molecule has 48 valence electrons. The second-order valence-corrected chi connectivity index (χ2v) is 3.77. The molecule has 0 aliphatic carbocycles. The van der Waals surface area contributed by atoms with Gasteiger partial charge in [0, 0.05) is 0 Å². The summed E-state index contributed by atoms with van der Waals surface area (Å²) in [7, 11) is 6.27. The van der Waals surface area contributed by atoms with Crippen molar-refractivity contribution in [2.45, 2.75) is 0 Å². The Bertz CT molecular complexity index is 92.0. The van der Waals surface area contributed by atoms with E-state index in [-0.39, 0.29) is 5.95 Å². The SMILES string of the molecule is CO/C([O-])=C/[S+](C)Cl. The number of ether oxygens (including phenoxy) is 1. The second kappa shape index (κ2) is 3.92. The molecule has 2 nitrogen and oxygen atoms in total. The third-order valence-electron chi connectivity index (χ3n) is 0.460. The van der Waals surface area contributed by atoms with Gasteiger partial charge in [-0.2, -0.15) is 0 Å². The van der Waals surface area contributed by atoms with Gasteiger partial charge in [0.25, 0.3) is 0 Å². The minimum Gasteiger partial charge on any atom is -0.614 e. The standard InChI is InChI=1S/C4H7ClO2S/c1-7-4(6)3-8(2)5/h3H,1-2H3/b4-3+. The fourth-order valence-electron chi connectivity index (χ4n) is 0.181. The van der Waals surface area contributed by atoms with Crippen LogP contribution in [0.25, 0.3) is 0 Å². The summed E-state index contributed by atoms with van der Waals surface area (Å²) in [5.41, 5.74) is 0. The Morgan fingerprint density at radius 2 is 2.38 bits per heavy atom. The zero-order chi connectivity index (χ0) is 6.57. The van der Waals surface area contributed by atoms with E-state index in [0.29, 0.717) is 0 Å². The summed E-state index contributed by atoms with van der Waals surface area (Å²) >= 11 is 0. The molecule has 0 aromatic carbocycles. The smallest absolute Gasteiger partial charge is 0.181 e. The molecule has 0 aliphatic rings. The number of hydrogen-bond acceptors (Lipinski definition) is 2. The van der Waals surface area contributed by atoms with Gasteiger partial charge in [-0.05, 0) is 7.11 Å². The first kappa shape index (κ1) is 7.98. The van der Waals surface area contributed by atoms with Crippen molar-refractivity contribution in [1.29, 1.82) is 0 Å². The zero-order valence-electron chi connectivity index (χ0n) is 4.68. The highest BCUT2D eigenvalue weighted by atomic mass is 35.7. The van der Waals surface area contributed by atoms with Crippen LogP contribution in [0.5, 0.6) is 0 Å². The van der Waals surface area contributed by atoms with Gasteiger partial charge in [0.15, 0.2) is 16.1 Å². The predicted molar refractivity (Wildman–Crippen MR) is 34.2 cm³/mol. The Morgan fingerprint density at radius 3 is 2.50 bits per heavy atom. The van der Waals surface area contributed by atoms with Crippen molar-refractivity contribution in [3.63, 3.8) is 0 Å². The molecule has 0 aliphatic heterocycles. The molecule has 0 rings (SSSR count). The average molecular weight is 155 g/mol. The number of methoxy groups -OCH3 is 1. The minimum atomic E-state index is -0.473. The van der Waals surface area contributed by atoms with Gasteiger partial charge in [0.2, 0.25) is 0 Å². The highest BCUT2D eigenvalue weighted by Gasteiger charge is 1.98. The molecule has 0 spiro atoms. The summed E-state index contributed by atoms with van der Waals surface area (Å²) in [6.45, 7) is 0. The third-order valence-corrected chi connectivity index (χ3v) is 1.24. The molecule has 0 fully saturated rings. The van der Waals surface area contributed by atoms with Crippen molar-refractivity contribution in [3.05, 3.63) is 11.4 Å². The van der Waals surface area contributed by atoms with E-state index in [1.165, 1.54) is 12.5 Å². The molecule has 1 atom stereocenters. The lowest BCUT2D eigenvalue weighted by Gasteiger charge is -2.03. The maximum atomic E-state index is 10.3. The highest BCUT2D eigenvalue weighted by molar-refractivity contribution is 8.20. The topological polar surface area (TPSA) is 32.3 Å². The minimum absolute atomic E-state index is 0.370. The van der Waals surface area contributed by atoms with Crippen LogP contribution in [0.2, 0.25) is 0 Å². The van der Waals surface area contributed by atoms with E-state index in [0.717, 1.165) is 0 Å². The maximum Gasteiger partial charge on any atom is 0.181 e. The van der Waals surface area contributed by atoms with Crippen molar-refractivity contribution >= 4 is 20.8 Å². The van der Waals surface area contributed by atoms with Crippen LogP contribution in [0.15, 0.2) is 11.4 Å². The third kappa shape index (κ3) is 4.15. The summed E-state index contributed by atoms with van der Waals surface area (Å²) in [5, 5.41) is 11.6. The second-order valence-electron chi connectivity index (χ2n) is 1.12. The van der Waals surface area contributed by atoms with Crippen molar-refractivity contribution in [3.8, 4) is 0 Å². The van der Waals surface area contributed by atoms with E-state index in [4.69, 9.17) is 10.7 Å². The van der Waals surface area contributed by atoms with Crippen molar-refractivity contribution in [2.24, 2.45) is 0 Å². The largest absolute Gasteiger partial charge is 0.614 e. The lowest BCUT2D eigenvalue weighted by molar-refractivity contribution is -0.352. The number of hydrogen-bond donors (Lipinski definition) is 0. The van der Waals surface area contributed by atoms with Gasteiger partial charge in [0.05, 0.1) is 0 Å². The summed E-state index contributed by atoms with van der Waals surface area (Å²) in [6, 6.07) is 0. The van der Waals surface area contributed by atoms with Crippen LogP contribution in [0.3, 0.4) is 0 Å². The van der Waals surface area contributed by atoms with E-state index in [2.05, 4.69) is 4.74 Å². The Hall–Kier alpha value is -0.0200.